The number of methoxy groups -OCH3 is 1. The Bertz CT molecular complexity index is 777. The summed E-state index contributed by atoms with van der Waals surface area (Å²) >= 11 is 5.97. The average molecular weight is 349 g/mol. The van der Waals surface area contributed by atoms with Crippen molar-refractivity contribution in [1.29, 1.82) is 0 Å². The summed E-state index contributed by atoms with van der Waals surface area (Å²) in [6.45, 7) is 2.35. The maximum Gasteiger partial charge on any atom is 0.255 e. The number of nitrogens with one attached hydrogen (secondary N) is 1. The zero-order chi connectivity index (χ0) is 17.7. The molecule has 0 aliphatic rings. The lowest BCUT2D eigenvalue weighted by Gasteiger charge is -2.11. The zero-order valence-electron chi connectivity index (χ0n) is 13.3. The average Bonchev–Trinajstić information content (AvgIpc) is 2.55. The van der Waals surface area contributed by atoms with Gasteiger partial charge in [-0.05, 0) is 43.3 Å². The van der Waals surface area contributed by atoms with Crippen LogP contribution in [0.1, 0.15) is 27.6 Å². The molecule has 0 aliphatic carbocycles. The summed E-state index contributed by atoms with van der Waals surface area (Å²) in [6, 6.07) is 9.35. The Kier molecular flexibility index (Phi) is 5.65. The molecular formula is C17H17ClN2O4. The lowest BCUT2D eigenvalue weighted by atomic mass is 10.1. The van der Waals surface area contributed by atoms with Crippen molar-refractivity contribution in [1.82, 2.24) is 0 Å². The van der Waals surface area contributed by atoms with Gasteiger partial charge in [-0.15, -0.1) is 0 Å². The van der Waals surface area contributed by atoms with E-state index >= 15 is 0 Å². The summed E-state index contributed by atoms with van der Waals surface area (Å²) in [4.78, 5) is 23.5. The van der Waals surface area contributed by atoms with Crippen molar-refractivity contribution in [3.63, 3.8) is 0 Å². The van der Waals surface area contributed by atoms with Gasteiger partial charge < -0.3 is 20.5 Å². The molecule has 0 atom stereocenters. The molecule has 0 saturated carbocycles. The molecule has 2 rings (SSSR count). The van der Waals surface area contributed by atoms with Crippen molar-refractivity contribution < 1.29 is 19.1 Å². The van der Waals surface area contributed by atoms with Crippen molar-refractivity contribution in [2.75, 3.05) is 19.0 Å². The fourth-order valence-corrected chi connectivity index (χ4v) is 2.35. The first-order valence-corrected chi connectivity index (χ1v) is 7.55. The molecule has 2 aromatic rings. The maximum absolute atomic E-state index is 12.3. The number of hydrogen-bond acceptors (Lipinski definition) is 4. The van der Waals surface area contributed by atoms with Crippen LogP contribution in [0.25, 0.3) is 0 Å². The molecule has 0 saturated heterocycles. The number of halogens is 1. The number of nitrogens with two attached hydrogens (primary N) is 1. The number of carbonyl (C=O) groups excluding carboxylic acids is 2. The van der Waals surface area contributed by atoms with Crippen LogP contribution in [0, 0.1) is 0 Å². The normalized spacial score (nSPS) is 10.1. The third kappa shape index (κ3) is 3.97. The molecule has 6 nitrogen and oxygen atoms in total. The minimum Gasteiger partial charge on any atom is -0.493 e. The van der Waals surface area contributed by atoms with Crippen LogP contribution >= 0.6 is 11.6 Å². The van der Waals surface area contributed by atoms with E-state index in [-0.39, 0.29) is 16.5 Å². The highest BCUT2D eigenvalue weighted by Gasteiger charge is 2.13. The van der Waals surface area contributed by atoms with E-state index in [1.165, 1.54) is 19.2 Å². The number of ether oxygens (including phenoxy) is 2. The molecule has 24 heavy (non-hydrogen) atoms. The van der Waals surface area contributed by atoms with Crippen molar-refractivity contribution in [2.45, 2.75) is 6.92 Å². The number of benzene rings is 2. The summed E-state index contributed by atoms with van der Waals surface area (Å²) < 4.78 is 10.6. The number of rotatable bonds is 6. The van der Waals surface area contributed by atoms with E-state index in [1.807, 2.05) is 6.92 Å². The third-order valence-corrected chi connectivity index (χ3v) is 3.53. The molecule has 0 aromatic heterocycles. The summed E-state index contributed by atoms with van der Waals surface area (Å²) in [7, 11) is 1.50. The third-order valence-electron chi connectivity index (χ3n) is 3.22. The van der Waals surface area contributed by atoms with E-state index in [9.17, 15) is 9.59 Å². The monoisotopic (exact) mass is 348 g/mol. The fraction of sp³-hybridized carbons (Fsp3) is 0.176. The highest BCUT2D eigenvalue weighted by molar-refractivity contribution is 6.34. The minimum absolute atomic E-state index is 0.171. The molecule has 2 aromatic carbocycles. The predicted molar refractivity (Wildman–Crippen MR) is 92.1 cm³/mol. The standard InChI is InChI=1S/C17H17ClN2O4/c1-3-24-14-7-4-10(8-15(14)23-2)17(22)20-11-5-6-12(16(19)21)13(18)9-11/h4-9H,3H2,1-2H3,(H2,19,21)(H,20,22). The number of amides is 2. The second-order valence-electron chi connectivity index (χ2n) is 4.81. The van der Waals surface area contributed by atoms with Crippen LogP contribution in [0.2, 0.25) is 5.02 Å². The van der Waals surface area contributed by atoms with E-state index in [1.54, 1.807) is 24.3 Å². The molecule has 0 heterocycles. The first kappa shape index (κ1) is 17.6. The highest BCUT2D eigenvalue weighted by Crippen LogP contribution is 2.28. The van der Waals surface area contributed by atoms with Gasteiger partial charge >= 0.3 is 0 Å². The number of anilines is 1. The van der Waals surface area contributed by atoms with Gasteiger partial charge in [-0.25, -0.2) is 0 Å². The topological polar surface area (TPSA) is 90.6 Å². The van der Waals surface area contributed by atoms with Gasteiger partial charge in [-0.1, -0.05) is 11.6 Å². The molecule has 2 amide bonds. The Hall–Kier alpha value is -2.73. The van der Waals surface area contributed by atoms with E-state index in [0.29, 0.717) is 29.4 Å². The molecule has 3 N–H and O–H groups in total. The Morgan fingerprint density at radius 2 is 1.92 bits per heavy atom. The lowest BCUT2D eigenvalue weighted by Crippen LogP contribution is -2.14. The van der Waals surface area contributed by atoms with Crippen LogP contribution < -0.4 is 20.5 Å². The minimum atomic E-state index is -0.630. The van der Waals surface area contributed by atoms with Gasteiger partial charge in [0.25, 0.3) is 5.91 Å². The molecule has 0 spiro atoms. The van der Waals surface area contributed by atoms with Crippen LogP contribution in [0.3, 0.4) is 0 Å². The first-order chi connectivity index (χ1) is 11.5. The Labute approximate surface area is 144 Å². The Balaban J connectivity index is 2.20. The predicted octanol–water partition coefficient (Wildman–Crippen LogP) is 3.10. The van der Waals surface area contributed by atoms with Gasteiger partial charge in [0.2, 0.25) is 5.91 Å². The molecule has 7 heteroatoms. The van der Waals surface area contributed by atoms with E-state index in [2.05, 4.69) is 5.32 Å². The summed E-state index contributed by atoms with van der Waals surface area (Å²) in [5.74, 6) is 0.0466. The van der Waals surface area contributed by atoms with Gasteiger partial charge in [0.15, 0.2) is 11.5 Å². The Morgan fingerprint density at radius 1 is 1.17 bits per heavy atom. The smallest absolute Gasteiger partial charge is 0.255 e. The van der Waals surface area contributed by atoms with E-state index in [4.69, 9.17) is 26.8 Å². The molecule has 0 radical (unpaired) electrons. The Morgan fingerprint density at radius 3 is 2.50 bits per heavy atom. The zero-order valence-corrected chi connectivity index (χ0v) is 14.0. The van der Waals surface area contributed by atoms with Crippen molar-refractivity contribution >= 4 is 29.1 Å². The second-order valence-corrected chi connectivity index (χ2v) is 5.22. The highest BCUT2D eigenvalue weighted by atomic mass is 35.5. The molecule has 0 fully saturated rings. The fourth-order valence-electron chi connectivity index (χ4n) is 2.08. The largest absolute Gasteiger partial charge is 0.493 e. The van der Waals surface area contributed by atoms with Crippen LogP contribution in [-0.2, 0) is 0 Å². The van der Waals surface area contributed by atoms with Gasteiger partial charge in [0.05, 0.1) is 24.3 Å². The summed E-state index contributed by atoms with van der Waals surface area (Å²) in [5.41, 5.74) is 6.22. The van der Waals surface area contributed by atoms with Gasteiger partial charge in [0, 0.05) is 11.3 Å². The van der Waals surface area contributed by atoms with Gasteiger partial charge in [-0.3, -0.25) is 9.59 Å². The van der Waals surface area contributed by atoms with Crippen LogP contribution in [0.15, 0.2) is 36.4 Å². The lowest BCUT2D eigenvalue weighted by molar-refractivity contribution is 0.0998. The van der Waals surface area contributed by atoms with Crippen LogP contribution in [0.5, 0.6) is 11.5 Å². The number of carbonyl (C=O) groups is 2. The summed E-state index contributed by atoms with van der Waals surface area (Å²) in [5, 5.41) is 2.87. The van der Waals surface area contributed by atoms with Crippen molar-refractivity contribution in [3.05, 3.63) is 52.5 Å². The maximum atomic E-state index is 12.3. The van der Waals surface area contributed by atoms with Crippen LogP contribution in [-0.4, -0.2) is 25.5 Å². The van der Waals surface area contributed by atoms with Crippen molar-refractivity contribution in [3.8, 4) is 11.5 Å². The summed E-state index contributed by atoms with van der Waals surface area (Å²) in [6.07, 6.45) is 0. The first-order valence-electron chi connectivity index (χ1n) is 7.17. The number of primary amides is 1. The van der Waals surface area contributed by atoms with Crippen LogP contribution in [0.4, 0.5) is 5.69 Å². The SMILES string of the molecule is CCOc1ccc(C(=O)Nc2ccc(C(N)=O)c(Cl)c2)cc1OC. The van der Waals surface area contributed by atoms with Gasteiger partial charge in [0.1, 0.15) is 0 Å². The van der Waals surface area contributed by atoms with E-state index < -0.39 is 5.91 Å². The van der Waals surface area contributed by atoms with E-state index in [0.717, 1.165) is 0 Å². The van der Waals surface area contributed by atoms with Gasteiger partial charge in [-0.2, -0.15) is 0 Å². The molecular weight excluding hydrogens is 332 g/mol. The molecule has 0 unspecified atom stereocenters. The molecule has 0 bridgehead atoms. The second kappa shape index (κ2) is 7.70. The quantitative estimate of drug-likeness (QED) is 0.839. The van der Waals surface area contributed by atoms with Crippen molar-refractivity contribution in [2.24, 2.45) is 5.73 Å². The molecule has 0 aliphatic heterocycles. The molecule has 126 valence electrons. The number of hydrogen-bond donors (Lipinski definition) is 2.